The minimum absolute atomic E-state index is 0.000137. The van der Waals surface area contributed by atoms with Gasteiger partial charge in [-0.1, -0.05) is 5.11 Å². The first kappa shape index (κ1) is 19.8. The van der Waals surface area contributed by atoms with E-state index in [1.165, 1.54) is 0 Å². The second-order valence-corrected chi connectivity index (χ2v) is 7.44. The quantitative estimate of drug-likeness (QED) is 0.199. The average Bonchev–Trinajstić information content (AvgIpc) is 3.04. The van der Waals surface area contributed by atoms with E-state index < -0.39 is 26.1 Å². The molecule has 0 spiro atoms. The molecule has 2 rings (SSSR count). The Balaban J connectivity index is 1.88. The first-order valence-corrected chi connectivity index (χ1v) is 9.34. The van der Waals surface area contributed by atoms with Crippen molar-refractivity contribution < 1.29 is 32.7 Å². The van der Waals surface area contributed by atoms with Gasteiger partial charge in [-0.15, -0.1) is 0 Å². The van der Waals surface area contributed by atoms with E-state index in [0.29, 0.717) is 12.8 Å². The third-order valence-corrected chi connectivity index (χ3v) is 5.08. The molecule has 0 bridgehead atoms. The highest BCUT2D eigenvalue weighted by Gasteiger charge is 2.40. The van der Waals surface area contributed by atoms with E-state index in [1.807, 2.05) is 15.7 Å². The number of hydrogen-bond donors (Lipinski definition) is 1. The number of phosphoric acid groups is 1. The molecule has 2 fully saturated rings. The fourth-order valence-corrected chi connectivity index (χ4v) is 3.95. The molecule has 0 radical (unpaired) electrons. The topological polar surface area (TPSA) is 132 Å². The molecule has 2 aliphatic heterocycles. The Kier molecular flexibility index (Phi) is 7.15. The highest BCUT2D eigenvalue weighted by Crippen LogP contribution is 2.47. The smallest absolute Gasteiger partial charge is 0.381 e. The van der Waals surface area contributed by atoms with E-state index in [1.54, 1.807) is 7.11 Å². The van der Waals surface area contributed by atoms with Crippen LogP contribution in [0.4, 0.5) is 0 Å². The Labute approximate surface area is 142 Å². The number of nitrogens with zero attached hydrogens (tertiary/aromatic N) is 3. The monoisotopic (exact) mass is 361 g/mol. The molecule has 0 aliphatic carbocycles. The van der Waals surface area contributed by atoms with Gasteiger partial charge in [0.1, 0.15) is 21.8 Å². The van der Waals surface area contributed by atoms with Crippen LogP contribution in [-0.4, -0.2) is 77.3 Å². The molecule has 0 amide bonds. The van der Waals surface area contributed by atoms with Crippen molar-refractivity contribution in [1.29, 1.82) is 0 Å². The highest BCUT2D eigenvalue weighted by molar-refractivity contribution is 7.47. The number of rotatable bonds is 8. The molecule has 2 aliphatic rings. The van der Waals surface area contributed by atoms with Crippen LogP contribution in [0.25, 0.3) is 10.4 Å². The summed E-state index contributed by atoms with van der Waals surface area (Å²) in [6.45, 7) is -0.0821. The van der Waals surface area contributed by atoms with Gasteiger partial charge in [-0.3, -0.25) is 9.05 Å². The Morgan fingerprint density at radius 3 is 2.54 bits per heavy atom. The zero-order valence-electron chi connectivity index (χ0n) is 14.0. The molecule has 13 heteroatoms. The highest BCUT2D eigenvalue weighted by atomic mass is 31.2. The second-order valence-electron chi connectivity index (χ2n) is 6.04. The van der Waals surface area contributed by atoms with Crippen LogP contribution in [0.15, 0.2) is 5.11 Å². The van der Waals surface area contributed by atoms with Crippen molar-refractivity contribution in [3.05, 3.63) is 10.4 Å². The zero-order chi connectivity index (χ0) is 17.7. The summed E-state index contributed by atoms with van der Waals surface area (Å²) in [5.41, 5.74) is 8.39. The maximum absolute atomic E-state index is 12.2. The van der Waals surface area contributed by atoms with Gasteiger partial charge in [0.2, 0.25) is 0 Å². The lowest BCUT2D eigenvalue weighted by Gasteiger charge is -2.22. The van der Waals surface area contributed by atoms with Gasteiger partial charge in [-0.25, -0.2) is 4.57 Å². The summed E-state index contributed by atoms with van der Waals surface area (Å²) in [7, 11) is 0.977. The molecule has 0 aromatic rings. The molecule has 10 nitrogen and oxygen atoms in total. The van der Waals surface area contributed by atoms with Gasteiger partial charge < -0.3 is 19.1 Å². The molecular formula is C11H22B2N3O7P. The van der Waals surface area contributed by atoms with E-state index in [9.17, 15) is 9.46 Å². The molecule has 0 aromatic carbocycles. The van der Waals surface area contributed by atoms with Crippen LogP contribution in [0, 0.1) is 0 Å². The molecule has 2 saturated heterocycles. The molecule has 134 valence electrons. The van der Waals surface area contributed by atoms with Crippen LogP contribution in [-0.2, 0) is 27.8 Å². The van der Waals surface area contributed by atoms with Gasteiger partial charge in [0.05, 0.1) is 31.5 Å². The largest absolute Gasteiger partial charge is 0.472 e. The summed E-state index contributed by atoms with van der Waals surface area (Å²) in [4.78, 5) is 12.6. The molecule has 0 saturated carbocycles. The summed E-state index contributed by atoms with van der Waals surface area (Å²) in [5, 5.41) is 3.43. The number of azide groups is 1. The number of phosphoric ester groups is 1. The van der Waals surface area contributed by atoms with Crippen LogP contribution in [0.1, 0.15) is 12.8 Å². The number of hydrogen-bond acceptors (Lipinski definition) is 7. The molecule has 1 unspecified atom stereocenters. The first-order valence-electron chi connectivity index (χ1n) is 7.85. The Morgan fingerprint density at radius 1 is 1.29 bits per heavy atom. The second kappa shape index (κ2) is 8.69. The van der Waals surface area contributed by atoms with Gasteiger partial charge in [0.15, 0.2) is 0 Å². The van der Waals surface area contributed by atoms with Crippen LogP contribution in [0.5, 0.6) is 0 Å². The van der Waals surface area contributed by atoms with Crippen molar-refractivity contribution in [3.63, 3.8) is 0 Å². The molecule has 0 aromatic heterocycles. The predicted molar refractivity (Wildman–Crippen MR) is 89.1 cm³/mol. The van der Waals surface area contributed by atoms with Crippen molar-refractivity contribution >= 4 is 23.5 Å². The summed E-state index contributed by atoms with van der Waals surface area (Å²) in [6, 6.07) is -0.161. The molecular weight excluding hydrogens is 339 g/mol. The predicted octanol–water partition coefficient (Wildman–Crippen LogP) is -0.690. The molecule has 2 heterocycles. The van der Waals surface area contributed by atoms with E-state index in [2.05, 4.69) is 10.0 Å². The van der Waals surface area contributed by atoms with Crippen LogP contribution in [0.2, 0.25) is 0 Å². The minimum atomic E-state index is -4.30. The van der Waals surface area contributed by atoms with Crippen molar-refractivity contribution in [2.75, 3.05) is 20.3 Å². The van der Waals surface area contributed by atoms with Gasteiger partial charge in [0.25, 0.3) is 0 Å². The lowest BCUT2D eigenvalue weighted by molar-refractivity contribution is -0.0278. The van der Waals surface area contributed by atoms with E-state index in [0.717, 1.165) is 0 Å². The van der Waals surface area contributed by atoms with E-state index >= 15 is 0 Å². The Bertz CT molecular complexity index is 524. The van der Waals surface area contributed by atoms with E-state index in [4.69, 9.17) is 28.8 Å². The van der Waals surface area contributed by atoms with Gasteiger partial charge in [-0.05, 0) is 18.4 Å². The standard InChI is InChI=1S/C11H22B2N3O7P/c1-19-6-2-10(12)22-9(6)5-20-24(17,18)23-7-3-11(13)21-8(7)4-15-16-14/h6-11H,2-5,12-13H2,1H3,(H,17,18)/t6-,7-,8-,9-,10-,11-/m1/s1. The Hall–Kier alpha value is -0.570. The fraction of sp³-hybridized carbons (Fsp3) is 1.00. The third-order valence-electron chi connectivity index (χ3n) is 4.07. The van der Waals surface area contributed by atoms with Crippen molar-refractivity contribution in [3.8, 4) is 0 Å². The maximum atomic E-state index is 12.2. The van der Waals surface area contributed by atoms with Gasteiger partial charge in [0, 0.05) is 24.0 Å². The van der Waals surface area contributed by atoms with Crippen molar-refractivity contribution in [1.82, 2.24) is 0 Å². The van der Waals surface area contributed by atoms with Crippen molar-refractivity contribution in [2.24, 2.45) is 5.11 Å². The van der Waals surface area contributed by atoms with Crippen LogP contribution < -0.4 is 0 Å². The molecule has 7 atom stereocenters. The third kappa shape index (κ3) is 5.47. The molecule has 24 heavy (non-hydrogen) atoms. The first-order chi connectivity index (χ1) is 11.3. The average molecular weight is 361 g/mol. The summed E-state index contributed by atoms with van der Waals surface area (Å²) in [5.74, 6) is 0. The number of ether oxygens (including phenoxy) is 3. The lowest BCUT2D eigenvalue weighted by atomic mass is 9.96. The lowest BCUT2D eigenvalue weighted by Crippen LogP contribution is -2.29. The summed E-state index contributed by atoms with van der Waals surface area (Å²) in [6.07, 6.45) is -0.752. The summed E-state index contributed by atoms with van der Waals surface area (Å²) >= 11 is 0. The van der Waals surface area contributed by atoms with Gasteiger partial charge in [-0.2, -0.15) is 0 Å². The van der Waals surface area contributed by atoms with Crippen LogP contribution >= 0.6 is 7.82 Å². The SMILES string of the molecule is B[C@H]1C[C@@H](OC)[C@@H](COP(=O)(O)O[C@@H]2C[C@H](B)O[C@@H]2CN=[N+]=[N-])O1. The minimum Gasteiger partial charge on any atom is -0.381 e. The maximum Gasteiger partial charge on any atom is 0.472 e. The zero-order valence-corrected chi connectivity index (χ0v) is 14.9. The Morgan fingerprint density at radius 2 is 1.92 bits per heavy atom. The van der Waals surface area contributed by atoms with Gasteiger partial charge >= 0.3 is 7.82 Å². The number of methoxy groups -OCH3 is 1. The van der Waals surface area contributed by atoms with E-state index in [-0.39, 0.29) is 31.3 Å². The van der Waals surface area contributed by atoms with Crippen molar-refractivity contribution in [2.45, 2.75) is 49.3 Å². The normalized spacial score (nSPS) is 38.6. The molecule has 1 N–H and O–H groups in total. The summed E-state index contributed by atoms with van der Waals surface area (Å²) < 4.78 is 38.9. The van der Waals surface area contributed by atoms with Crippen LogP contribution in [0.3, 0.4) is 0 Å². The fourth-order valence-electron chi connectivity index (χ4n) is 2.99.